The molecular weight excluding hydrogens is 424 g/mol. The Morgan fingerprint density at radius 3 is 2.03 bits per heavy atom. The van der Waals surface area contributed by atoms with Crippen molar-refractivity contribution in [2.75, 3.05) is 7.05 Å². The maximum absolute atomic E-state index is 13.0. The van der Waals surface area contributed by atoms with E-state index in [1.54, 1.807) is 43.4 Å². The number of sulfonamides is 1. The van der Waals surface area contributed by atoms with Crippen molar-refractivity contribution in [3.63, 3.8) is 0 Å². The van der Waals surface area contributed by atoms with Gasteiger partial charge in [0, 0.05) is 25.2 Å². The molecule has 0 fully saturated rings. The van der Waals surface area contributed by atoms with Crippen LogP contribution in [-0.2, 0) is 21.4 Å². The summed E-state index contributed by atoms with van der Waals surface area (Å²) in [7, 11) is -1.98. The molecule has 3 rings (SSSR count). The molecule has 3 aromatic carbocycles. The summed E-state index contributed by atoms with van der Waals surface area (Å²) in [5.74, 6) is 0.316. The summed E-state index contributed by atoms with van der Waals surface area (Å²) in [6, 6.07) is 24.9. The highest BCUT2D eigenvalue weighted by Gasteiger charge is 2.24. The van der Waals surface area contributed by atoms with Gasteiger partial charge in [0.1, 0.15) is 5.75 Å². The molecular formula is C25H28N2O4S. The maximum Gasteiger partial charge on any atom is 0.266 e. The van der Waals surface area contributed by atoms with Gasteiger partial charge in [-0.15, -0.1) is 0 Å². The average Bonchev–Trinajstić information content (AvgIpc) is 2.82. The first kappa shape index (κ1) is 23.5. The fourth-order valence-corrected chi connectivity index (χ4v) is 4.41. The molecule has 0 aliphatic heterocycles. The van der Waals surface area contributed by atoms with Crippen LogP contribution in [0, 0.1) is 0 Å². The molecule has 6 nitrogen and oxygen atoms in total. The molecule has 0 bridgehead atoms. The zero-order valence-corrected chi connectivity index (χ0v) is 19.2. The number of ether oxygens (including phenoxy) is 1. The summed E-state index contributed by atoms with van der Waals surface area (Å²) in [5.41, 5.74) is 1.53. The number of nitrogens with one attached hydrogen (secondary N) is 1. The first-order valence-corrected chi connectivity index (χ1v) is 11.8. The van der Waals surface area contributed by atoms with Gasteiger partial charge in [-0.1, -0.05) is 60.7 Å². The Kier molecular flexibility index (Phi) is 7.66. The highest BCUT2D eigenvalue weighted by atomic mass is 32.2. The predicted molar refractivity (Wildman–Crippen MR) is 125 cm³/mol. The molecule has 0 aromatic heterocycles. The molecule has 1 amide bonds. The van der Waals surface area contributed by atoms with Crippen LogP contribution in [0.25, 0.3) is 0 Å². The number of amides is 1. The van der Waals surface area contributed by atoms with E-state index < -0.39 is 16.1 Å². The average molecular weight is 453 g/mol. The molecule has 0 radical (unpaired) electrons. The zero-order chi connectivity index (χ0) is 23.1. The van der Waals surface area contributed by atoms with E-state index in [2.05, 4.69) is 5.32 Å². The lowest BCUT2D eigenvalue weighted by atomic mass is 10.1. The second kappa shape index (κ2) is 10.4. The smallest absolute Gasteiger partial charge is 0.266 e. The van der Waals surface area contributed by atoms with E-state index in [-0.39, 0.29) is 23.4 Å². The largest absolute Gasteiger partial charge is 0.476 e. The van der Waals surface area contributed by atoms with Crippen molar-refractivity contribution >= 4 is 15.9 Å². The molecule has 32 heavy (non-hydrogen) atoms. The molecule has 168 valence electrons. The second-order valence-corrected chi connectivity index (χ2v) is 9.70. The van der Waals surface area contributed by atoms with Gasteiger partial charge in [-0.3, -0.25) is 4.79 Å². The monoisotopic (exact) mass is 452 g/mol. The number of para-hydroxylation sites is 1. The van der Waals surface area contributed by atoms with Crippen LogP contribution in [0.5, 0.6) is 5.75 Å². The molecule has 0 heterocycles. The fourth-order valence-electron chi connectivity index (χ4n) is 3.04. The molecule has 0 spiro atoms. The maximum atomic E-state index is 13.0. The highest BCUT2D eigenvalue weighted by Crippen LogP contribution is 2.22. The van der Waals surface area contributed by atoms with Crippen LogP contribution >= 0.6 is 0 Å². The van der Waals surface area contributed by atoms with Crippen LogP contribution in [0.2, 0.25) is 0 Å². The Labute approximate surface area is 189 Å². The fraction of sp³-hybridized carbons (Fsp3) is 0.240. The van der Waals surface area contributed by atoms with E-state index in [1.807, 2.05) is 62.4 Å². The normalized spacial score (nSPS) is 12.5. The first-order valence-electron chi connectivity index (χ1n) is 10.4. The van der Waals surface area contributed by atoms with E-state index in [4.69, 9.17) is 4.74 Å². The summed E-state index contributed by atoms with van der Waals surface area (Å²) in [4.78, 5) is 13.2. The van der Waals surface area contributed by atoms with E-state index >= 15 is 0 Å². The SMILES string of the molecule is CC(C)N(C)S(=O)(=O)c1ccc(CNC(=O)C(Oc2ccccc2)c2ccccc2)cc1. The summed E-state index contributed by atoms with van der Waals surface area (Å²) in [6.07, 6.45) is -0.807. The first-order chi connectivity index (χ1) is 15.3. The lowest BCUT2D eigenvalue weighted by molar-refractivity contribution is -0.128. The number of benzene rings is 3. The number of rotatable bonds is 9. The summed E-state index contributed by atoms with van der Waals surface area (Å²) >= 11 is 0. The van der Waals surface area contributed by atoms with Gasteiger partial charge in [-0.25, -0.2) is 8.42 Å². The van der Waals surface area contributed by atoms with Crippen molar-refractivity contribution in [2.24, 2.45) is 0 Å². The van der Waals surface area contributed by atoms with Gasteiger partial charge in [0.05, 0.1) is 4.90 Å². The summed E-state index contributed by atoms with van der Waals surface area (Å²) < 4.78 is 32.5. The van der Waals surface area contributed by atoms with Crippen molar-refractivity contribution in [3.05, 3.63) is 96.1 Å². The molecule has 1 N–H and O–H groups in total. The molecule has 1 unspecified atom stereocenters. The predicted octanol–water partition coefficient (Wildman–Crippen LogP) is 4.15. The third-order valence-corrected chi connectivity index (χ3v) is 7.18. The van der Waals surface area contributed by atoms with E-state index in [9.17, 15) is 13.2 Å². The summed E-state index contributed by atoms with van der Waals surface area (Å²) in [6.45, 7) is 3.89. The Bertz CT molecular complexity index is 1120. The standard InChI is InChI=1S/C25H28N2O4S/c1-19(2)27(3)32(29,30)23-16-14-20(15-17-23)18-26-25(28)24(21-10-6-4-7-11-21)31-22-12-8-5-9-13-22/h4-17,19,24H,18H2,1-3H3,(H,26,28). The van der Waals surface area contributed by atoms with Crippen LogP contribution in [0.4, 0.5) is 0 Å². The molecule has 0 saturated heterocycles. The number of carbonyl (C=O) groups is 1. The van der Waals surface area contributed by atoms with Crippen molar-refractivity contribution in [3.8, 4) is 5.75 Å². The molecule has 0 saturated carbocycles. The van der Waals surface area contributed by atoms with Gasteiger partial charge in [0.2, 0.25) is 16.1 Å². The Morgan fingerprint density at radius 1 is 0.906 bits per heavy atom. The van der Waals surface area contributed by atoms with Crippen LogP contribution in [-0.4, -0.2) is 31.7 Å². The minimum atomic E-state index is -3.54. The minimum Gasteiger partial charge on any atom is -0.476 e. The highest BCUT2D eigenvalue weighted by molar-refractivity contribution is 7.89. The van der Waals surface area contributed by atoms with Crippen molar-refractivity contribution in [2.45, 2.75) is 37.4 Å². The van der Waals surface area contributed by atoms with Gasteiger partial charge in [0.25, 0.3) is 5.91 Å². The van der Waals surface area contributed by atoms with Gasteiger partial charge < -0.3 is 10.1 Å². The minimum absolute atomic E-state index is 0.140. The van der Waals surface area contributed by atoms with Crippen LogP contribution in [0.15, 0.2) is 89.8 Å². The number of hydrogen-bond acceptors (Lipinski definition) is 4. The van der Waals surface area contributed by atoms with Gasteiger partial charge in [0.15, 0.2) is 0 Å². The second-order valence-electron chi connectivity index (χ2n) is 7.70. The lowest BCUT2D eigenvalue weighted by Crippen LogP contribution is -2.33. The van der Waals surface area contributed by atoms with Crippen molar-refractivity contribution in [1.82, 2.24) is 9.62 Å². The number of hydrogen-bond donors (Lipinski definition) is 1. The molecule has 0 aliphatic rings. The van der Waals surface area contributed by atoms with Crippen LogP contribution < -0.4 is 10.1 Å². The lowest BCUT2D eigenvalue weighted by Gasteiger charge is -2.21. The quantitative estimate of drug-likeness (QED) is 0.529. The van der Waals surface area contributed by atoms with Crippen LogP contribution in [0.3, 0.4) is 0 Å². The molecule has 7 heteroatoms. The topological polar surface area (TPSA) is 75.7 Å². The molecule has 1 atom stereocenters. The Morgan fingerprint density at radius 2 is 1.47 bits per heavy atom. The van der Waals surface area contributed by atoms with Gasteiger partial charge >= 0.3 is 0 Å². The van der Waals surface area contributed by atoms with Crippen LogP contribution in [0.1, 0.15) is 31.1 Å². The third kappa shape index (κ3) is 5.75. The van der Waals surface area contributed by atoms with Crippen molar-refractivity contribution in [1.29, 1.82) is 0 Å². The third-order valence-electron chi connectivity index (χ3n) is 5.13. The van der Waals surface area contributed by atoms with E-state index in [1.165, 1.54) is 4.31 Å². The van der Waals surface area contributed by atoms with E-state index in [0.717, 1.165) is 11.1 Å². The number of carbonyl (C=O) groups excluding carboxylic acids is 1. The number of nitrogens with zero attached hydrogens (tertiary/aromatic N) is 1. The Balaban J connectivity index is 1.71. The van der Waals surface area contributed by atoms with E-state index in [0.29, 0.717) is 5.75 Å². The van der Waals surface area contributed by atoms with Gasteiger partial charge in [-0.05, 0) is 43.7 Å². The Hall–Kier alpha value is -3.16. The zero-order valence-electron chi connectivity index (χ0n) is 18.4. The molecule has 3 aromatic rings. The van der Waals surface area contributed by atoms with Crippen molar-refractivity contribution < 1.29 is 17.9 Å². The molecule has 0 aliphatic carbocycles. The summed E-state index contributed by atoms with van der Waals surface area (Å²) in [5, 5.41) is 2.89. The van der Waals surface area contributed by atoms with Gasteiger partial charge in [-0.2, -0.15) is 4.31 Å².